The van der Waals surface area contributed by atoms with Gasteiger partial charge in [0.05, 0.1) is 0 Å². The predicted octanol–water partition coefficient (Wildman–Crippen LogP) is 3.30. The standard InChI is InChI=1S/C13H19N/c1-4-11-7-12-6-5-9(2)10(3)13(12)14-8-11/h5-6,11,14H,4,7-8H2,1-3H3. The molecule has 1 atom stereocenters. The lowest BCUT2D eigenvalue weighted by molar-refractivity contribution is 0.520. The minimum Gasteiger partial charge on any atom is -0.384 e. The maximum absolute atomic E-state index is 3.57. The molecule has 0 amide bonds. The van der Waals surface area contributed by atoms with Gasteiger partial charge in [0, 0.05) is 12.2 Å². The molecule has 1 aromatic rings. The van der Waals surface area contributed by atoms with Crippen LogP contribution in [-0.2, 0) is 6.42 Å². The van der Waals surface area contributed by atoms with E-state index in [9.17, 15) is 0 Å². The first-order chi connectivity index (χ1) is 6.72. The molecule has 14 heavy (non-hydrogen) atoms. The highest BCUT2D eigenvalue weighted by molar-refractivity contribution is 5.61. The quantitative estimate of drug-likeness (QED) is 0.714. The summed E-state index contributed by atoms with van der Waals surface area (Å²) in [6.07, 6.45) is 2.53. The van der Waals surface area contributed by atoms with Crippen molar-refractivity contribution in [3.63, 3.8) is 0 Å². The molecule has 0 aliphatic carbocycles. The number of hydrogen-bond acceptors (Lipinski definition) is 1. The number of fused-ring (bicyclic) bond motifs is 1. The fraction of sp³-hybridized carbons (Fsp3) is 0.538. The van der Waals surface area contributed by atoms with Crippen molar-refractivity contribution in [3.05, 3.63) is 28.8 Å². The first-order valence-corrected chi connectivity index (χ1v) is 5.55. The molecule has 0 fully saturated rings. The van der Waals surface area contributed by atoms with Gasteiger partial charge in [0.1, 0.15) is 0 Å². The summed E-state index contributed by atoms with van der Waals surface area (Å²) in [5.41, 5.74) is 5.73. The minimum atomic E-state index is 0.824. The van der Waals surface area contributed by atoms with Crippen LogP contribution in [0, 0.1) is 19.8 Å². The number of hydrogen-bond donors (Lipinski definition) is 1. The van der Waals surface area contributed by atoms with Crippen molar-refractivity contribution < 1.29 is 0 Å². The number of aryl methyl sites for hydroxylation is 1. The van der Waals surface area contributed by atoms with E-state index in [1.807, 2.05) is 0 Å². The van der Waals surface area contributed by atoms with Gasteiger partial charge in [-0.2, -0.15) is 0 Å². The maximum atomic E-state index is 3.57. The second-order valence-electron chi connectivity index (χ2n) is 4.40. The lowest BCUT2D eigenvalue weighted by Crippen LogP contribution is -2.23. The second-order valence-corrected chi connectivity index (χ2v) is 4.40. The van der Waals surface area contributed by atoms with Gasteiger partial charge in [-0.1, -0.05) is 25.5 Å². The molecule has 1 unspecified atom stereocenters. The zero-order valence-corrected chi connectivity index (χ0v) is 9.35. The van der Waals surface area contributed by atoms with E-state index in [1.54, 1.807) is 0 Å². The minimum absolute atomic E-state index is 0.824. The van der Waals surface area contributed by atoms with Crippen molar-refractivity contribution in [1.29, 1.82) is 0 Å². The molecule has 1 heterocycles. The SMILES string of the molecule is CCC1CNc2c(ccc(C)c2C)C1. The maximum Gasteiger partial charge on any atom is 0.0405 e. The monoisotopic (exact) mass is 189 g/mol. The zero-order chi connectivity index (χ0) is 10.1. The lowest BCUT2D eigenvalue weighted by atomic mass is 9.89. The number of anilines is 1. The summed E-state index contributed by atoms with van der Waals surface area (Å²) >= 11 is 0. The van der Waals surface area contributed by atoms with Gasteiger partial charge in [0.25, 0.3) is 0 Å². The topological polar surface area (TPSA) is 12.0 Å². The number of benzene rings is 1. The van der Waals surface area contributed by atoms with Crippen molar-refractivity contribution in [3.8, 4) is 0 Å². The largest absolute Gasteiger partial charge is 0.384 e. The van der Waals surface area contributed by atoms with Crippen molar-refractivity contribution in [2.24, 2.45) is 5.92 Å². The van der Waals surface area contributed by atoms with Crippen molar-refractivity contribution in [2.75, 3.05) is 11.9 Å². The summed E-state index contributed by atoms with van der Waals surface area (Å²) in [5.74, 6) is 0.824. The van der Waals surface area contributed by atoms with Crippen molar-refractivity contribution in [2.45, 2.75) is 33.6 Å². The average molecular weight is 189 g/mol. The first kappa shape index (κ1) is 9.57. The van der Waals surface area contributed by atoms with E-state index >= 15 is 0 Å². The highest BCUT2D eigenvalue weighted by Gasteiger charge is 2.18. The molecule has 0 spiro atoms. The molecule has 1 aliphatic heterocycles. The molecule has 76 valence electrons. The van der Waals surface area contributed by atoms with Gasteiger partial charge in [-0.25, -0.2) is 0 Å². The summed E-state index contributed by atoms with van der Waals surface area (Å²) in [4.78, 5) is 0. The lowest BCUT2D eigenvalue weighted by Gasteiger charge is -2.27. The third kappa shape index (κ3) is 1.52. The van der Waals surface area contributed by atoms with Crippen LogP contribution >= 0.6 is 0 Å². The van der Waals surface area contributed by atoms with Gasteiger partial charge < -0.3 is 5.32 Å². The van der Waals surface area contributed by atoms with Gasteiger partial charge >= 0.3 is 0 Å². The van der Waals surface area contributed by atoms with Crippen LogP contribution in [0.15, 0.2) is 12.1 Å². The number of nitrogens with one attached hydrogen (secondary N) is 1. The molecule has 1 nitrogen and oxygen atoms in total. The Morgan fingerprint density at radius 2 is 2.14 bits per heavy atom. The Morgan fingerprint density at radius 1 is 1.36 bits per heavy atom. The first-order valence-electron chi connectivity index (χ1n) is 5.55. The molecular weight excluding hydrogens is 170 g/mol. The average Bonchev–Trinajstić information content (AvgIpc) is 2.23. The fourth-order valence-corrected chi connectivity index (χ4v) is 2.21. The third-order valence-electron chi connectivity index (χ3n) is 3.48. The Kier molecular flexibility index (Phi) is 2.49. The molecular formula is C13H19N. The molecule has 0 aromatic heterocycles. The zero-order valence-electron chi connectivity index (χ0n) is 9.35. The van der Waals surface area contributed by atoms with Crippen LogP contribution in [0.4, 0.5) is 5.69 Å². The third-order valence-corrected chi connectivity index (χ3v) is 3.48. The number of rotatable bonds is 1. The van der Waals surface area contributed by atoms with Crippen LogP contribution in [0.3, 0.4) is 0 Å². The summed E-state index contributed by atoms with van der Waals surface area (Å²) in [6, 6.07) is 4.53. The fourth-order valence-electron chi connectivity index (χ4n) is 2.21. The Bertz CT molecular complexity index is 341. The smallest absolute Gasteiger partial charge is 0.0405 e. The van der Waals surface area contributed by atoms with Crippen LogP contribution < -0.4 is 5.32 Å². The molecule has 1 aromatic carbocycles. The van der Waals surface area contributed by atoms with Crippen molar-refractivity contribution >= 4 is 5.69 Å². The van der Waals surface area contributed by atoms with E-state index in [0.29, 0.717) is 0 Å². The van der Waals surface area contributed by atoms with E-state index in [4.69, 9.17) is 0 Å². The Labute approximate surface area is 86.5 Å². The van der Waals surface area contributed by atoms with Crippen LogP contribution in [0.5, 0.6) is 0 Å². The van der Waals surface area contributed by atoms with E-state index in [0.717, 1.165) is 12.5 Å². The highest BCUT2D eigenvalue weighted by atomic mass is 14.9. The van der Waals surface area contributed by atoms with Gasteiger partial charge in [0.2, 0.25) is 0 Å². The van der Waals surface area contributed by atoms with Crippen molar-refractivity contribution in [1.82, 2.24) is 0 Å². The molecule has 1 N–H and O–H groups in total. The summed E-state index contributed by atoms with van der Waals surface area (Å²) in [6.45, 7) is 7.82. The van der Waals surface area contributed by atoms with E-state index in [-0.39, 0.29) is 0 Å². The van der Waals surface area contributed by atoms with E-state index < -0.39 is 0 Å². The van der Waals surface area contributed by atoms with Crippen LogP contribution in [0.2, 0.25) is 0 Å². The summed E-state index contributed by atoms with van der Waals surface area (Å²) in [7, 11) is 0. The molecule has 0 bridgehead atoms. The van der Waals surface area contributed by atoms with E-state index in [1.165, 1.54) is 35.2 Å². The Hall–Kier alpha value is -0.980. The second kappa shape index (κ2) is 3.64. The van der Waals surface area contributed by atoms with Gasteiger partial charge in [0.15, 0.2) is 0 Å². The molecule has 1 heteroatoms. The van der Waals surface area contributed by atoms with Gasteiger partial charge in [-0.15, -0.1) is 0 Å². The molecule has 0 radical (unpaired) electrons. The highest BCUT2D eigenvalue weighted by Crippen LogP contribution is 2.30. The van der Waals surface area contributed by atoms with E-state index in [2.05, 4.69) is 38.2 Å². The normalized spacial score (nSPS) is 20.1. The Balaban J connectivity index is 2.36. The van der Waals surface area contributed by atoms with Gasteiger partial charge in [-0.3, -0.25) is 0 Å². The molecule has 0 saturated carbocycles. The molecule has 2 rings (SSSR count). The van der Waals surface area contributed by atoms with Gasteiger partial charge in [-0.05, 0) is 42.9 Å². The molecule has 1 aliphatic rings. The summed E-state index contributed by atoms with van der Waals surface area (Å²) < 4.78 is 0. The predicted molar refractivity (Wildman–Crippen MR) is 61.9 cm³/mol. The van der Waals surface area contributed by atoms with Crippen LogP contribution in [0.25, 0.3) is 0 Å². The summed E-state index contributed by atoms with van der Waals surface area (Å²) in [5, 5.41) is 3.57. The van der Waals surface area contributed by atoms with Crippen LogP contribution in [0.1, 0.15) is 30.0 Å². The van der Waals surface area contributed by atoms with Crippen LogP contribution in [-0.4, -0.2) is 6.54 Å². The Morgan fingerprint density at radius 3 is 2.86 bits per heavy atom. The molecule has 0 saturated heterocycles.